The van der Waals surface area contributed by atoms with Gasteiger partial charge in [0.25, 0.3) is 0 Å². The van der Waals surface area contributed by atoms with Gasteiger partial charge in [-0.3, -0.25) is 0 Å². The number of ether oxygens (including phenoxy) is 1. The van der Waals surface area contributed by atoms with Crippen molar-refractivity contribution < 1.29 is 4.74 Å². The quantitative estimate of drug-likeness (QED) is 0.626. The van der Waals surface area contributed by atoms with Crippen LogP contribution in [-0.4, -0.2) is 7.11 Å². The minimum absolute atomic E-state index is 0. The fraction of sp³-hybridized carbons (Fsp3) is 0.333. The Hall–Kier alpha value is -0.630. The van der Waals surface area contributed by atoms with Gasteiger partial charge in [0.05, 0.1) is 7.11 Å². The van der Waals surface area contributed by atoms with Crippen molar-refractivity contribution in [2.45, 2.75) is 13.8 Å². The summed E-state index contributed by atoms with van der Waals surface area (Å²) < 4.78 is 5.08. The van der Waals surface area contributed by atoms with E-state index in [2.05, 4.69) is 19.9 Å². The van der Waals surface area contributed by atoms with E-state index in [4.69, 9.17) is 4.74 Å². The predicted molar refractivity (Wildman–Crippen MR) is 50.1 cm³/mol. The van der Waals surface area contributed by atoms with Gasteiger partial charge >= 0.3 is 0 Å². The van der Waals surface area contributed by atoms with Gasteiger partial charge in [0.1, 0.15) is 5.75 Å². The Kier molecular flexibility index (Phi) is 4.04. The monoisotopic (exact) mass is 168 g/mol. The zero-order valence-corrected chi connectivity index (χ0v) is 7.87. The van der Waals surface area contributed by atoms with Crippen LogP contribution in [0.3, 0.4) is 0 Å². The molecule has 2 heteroatoms. The second-order valence-corrected chi connectivity index (χ2v) is 2.53. The van der Waals surface area contributed by atoms with Crippen LogP contribution >= 0.6 is 13.5 Å². The van der Waals surface area contributed by atoms with Crippen molar-refractivity contribution in [3.63, 3.8) is 0 Å². The molecule has 0 aromatic heterocycles. The summed E-state index contributed by atoms with van der Waals surface area (Å²) in [4.78, 5) is 0. The third-order valence-corrected chi connectivity index (χ3v) is 1.43. The molecule has 60 valence electrons. The molecule has 0 saturated carbocycles. The van der Waals surface area contributed by atoms with E-state index in [-0.39, 0.29) is 13.5 Å². The van der Waals surface area contributed by atoms with Crippen molar-refractivity contribution in [2.75, 3.05) is 7.11 Å². The van der Waals surface area contributed by atoms with E-state index in [1.807, 2.05) is 12.1 Å². The molecule has 1 nitrogen and oxygen atoms in total. The van der Waals surface area contributed by atoms with Gasteiger partial charge in [-0.2, -0.15) is 0 Å². The molecule has 0 aliphatic heterocycles. The van der Waals surface area contributed by atoms with Gasteiger partial charge in [-0.15, -0.1) is 0 Å². The summed E-state index contributed by atoms with van der Waals surface area (Å²) in [6.07, 6.45) is 0. The molecule has 1 aromatic carbocycles. The van der Waals surface area contributed by atoms with Gasteiger partial charge in [-0.25, -0.2) is 0 Å². The van der Waals surface area contributed by atoms with Crippen LogP contribution in [-0.2, 0) is 0 Å². The van der Waals surface area contributed by atoms with E-state index in [0.29, 0.717) is 0 Å². The SMILES string of the molecule is COc1cc(C)cc(C)c1.[S]. The molecule has 0 bridgehead atoms. The van der Waals surface area contributed by atoms with Crippen LogP contribution in [0.4, 0.5) is 0 Å². The standard InChI is InChI=1S/C9H12O.S/c1-7-4-8(2)6-9(5-7)10-3;/h4-6H,1-3H3;. The Morgan fingerprint density at radius 3 is 1.82 bits per heavy atom. The van der Waals surface area contributed by atoms with Gasteiger partial charge in [-0.05, 0) is 37.1 Å². The van der Waals surface area contributed by atoms with Crippen molar-refractivity contribution in [3.8, 4) is 5.75 Å². The predicted octanol–water partition coefficient (Wildman–Crippen LogP) is 2.96. The molecular formula is C9H12OS. The van der Waals surface area contributed by atoms with E-state index in [1.165, 1.54) is 11.1 Å². The van der Waals surface area contributed by atoms with Crippen LogP contribution in [0.1, 0.15) is 11.1 Å². The number of benzene rings is 1. The maximum atomic E-state index is 5.08. The zero-order chi connectivity index (χ0) is 7.56. The summed E-state index contributed by atoms with van der Waals surface area (Å²) in [5.41, 5.74) is 2.49. The lowest BCUT2D eigenvalue weighted by Gasteiger charge is -2.01. The number of methoxy groups -OCH3 is 1. The number of aryl methyl sites for hydroxylation is 2. The zero-order valence-electron chi connectivity index (χ0n) is 7.05. The van der Waals surface area contributed by atoms with Gasteiger partial charge in [-0.1, -0.05) is 6.07 Å². The highest BCUT2D eigenvalue weighted by molar-refractivity contribution is 7.59. The lowest BCUT2D eigenvalue weighted by Crippen LogP contribution is -1.84. The topological polar surface area (TPSA) is 9.23 Å². The van der Waals surface area contributed by atoms with E-state index < -0.39 is 0 Å². The molecule has 0 atom stereocenters. The Bertz CT molecular complexity index is 213. The average Bonchev–Trinajstić information content (AvgIpc) is 1.85. The molecule has 11 heavy (non-hydrogen) atoms. The Labute approximate surface area is 74.8 Å². The second kappa shape index (κ2) is 4.29. The molecule has 2 radical (unpaired) electrons. The lowest BCUT2D eigenvalue weighted by molar-refractivity contribution is 0.414. The van der Waals surface area contributed by atoms with Crippen molar-refractivity contribution in [3.05, 3.63) is 29.3 Å². The average molecular weight is 168 g/mol. The normalized spacial score (nSPS) is 8.64. The first kappa shape index (κ1) is 10.4. The molecule has 0 N–H and O–H groups in total. The van der Waals surface area contributed by atoms with Gasteiger partial charge in [0, 0.05) is 13.5 Å². The van der Waals surface area contributed by atoms with Crippen molar-refractivity contribution in [2.24, 2.45) is 0 Å². The van der Waals surface area contributed by atoms with Crippen molar-refractivity contribution in [1.29, 1.82) is 0 Å². The molecule has 1 aromatic rings. The number of hydrogen-bond acceptors (Lipinski definition) is 1. The lowest BCUT2D eigenvalue weighted by atomic mass is 10.1. The third-order valence-electron chi connectivity index (χ3n) is 1.43. The first-order valence-corrected chi connectivity index (χ1v) is 3.34. The fourth-order valence-corrected chi connectivity index (χ4v) is 1.05. The fourth-order valence-electron chi connectivity index (χ4n) is 1.05. The summed E-state index contributed by atoms with van der Waals surface area (Å²) in [5, 5.41) is 0. The van der Waals surface area contributed by atoms with Gasteiger partial charge < -0.3 is 4.74 Å². The molecule has 0 spiro atoms. The number of hydrogen-bond donors (Lipinski definition) is 0. The minimum atomic E-state index is 0. The molecule has 1 rings (SSSR count). The minimum Gasteiger partial charge on any atom is -0.497 e. The second-order valence-electron chi connectivity index (χ2n) is 2.53. The van der Waals surface area contributed by atoms with Crippen molar-refractivity contribution in [1.82, 2.24) is 0 Å². The number of rotatable bonds is 1. The molecule has 0 unspecified atom stereocenters. The summed E-state index contributed by atoms with van der Waals surface area (Å²) in [6, 6.07) is 6.17. The maximum absolute atomic E-state index is 5.08. The first-order chi connectivity index (χ1) is 4.72. The van der Waals surface area contributed by atoms with Crippen LogP contribution in [0.5, 0.6) is 5.75 Å². The van der Waals surface area contributed by atoms with E-state index in [1.54, 1.807) is 7.11 Å². The molecule has 0 fully saturated rings. The molecule has 0 aliphatic rings. The summed E-state index contributed by atoms with van der Waals surface area (Å²) in [6.45, 7) is 4.13. The van der Waals surface area contributed by atoms with Crippen LogP contribution in [0.2, 0.25) is 0 Å². The molecule has 0 aliphatic carbocycles. The molecule has 0 amide bonds. The van der Waals surface area contributed by atoms with Crippen LogP contribution in [0, 0.1) is 13.8 Å². The maximum Gasteiger partial charge on any atom is 0.119 e. The molecular weight excluding hydrogens is 156 g/mol. The Balaban J connectivity index is 0.000001000. The Morgan fingerprint density at radius 2 is 1.45 bits per heavy atom. The highest BCUT2D eigenvalue weighted by Crippen LogP contribution is 2.14. The van der Waals surface area contributed by atoms with E-state index in [9.17, 15) is 0 Å². The summed E-state index contributed by atoms with van der Waals surface area (Å²) in [7, 11) is 1.69. The smallest absolute Gasteiger partial charge is 0.119 e. The largest absolute Gasteiger partial charge is 0.497 e. The highest BCUT2D eigenvalue weighted by atomic mass is 32.1. The third kappa shape index (κ3) is 2.85. The highest BCUT2D eigenvalue weighted by Gasteiger charge is 1.92. The first-order valence-electron chi connectivity index (χ1n) is 3.34. The van der Waals surface area contributed by atoms with E-state index in [0.717, 1.165) is 5.75 Å². The van der Waals surface area contributed by atoms with Gasteiger partial charge in [0.2, 0.25) is 0 Å². The summed E-state index contributed by atoms with van der Waals surface area (Å²) >= 11 is 0. The molecule has 0 heterocycles. The van der Waals surface area contributed by atoms with Gasteiger partial charge in [0.15, 0.2) is 0 Å². The molecule has 0 saturated heterocycles. The van der Waals surface area contributed by atoms with Crippen molar-refractivity contribution >= 4 is 13.5 Å². The summed E-state index contributed by atoms with van der Waals surface area (Å²) in [5.74, 6) is 0.942. The Morgan fingerprint density at radius 1 is 1.00 bits per heavy atom. The van der Waals surface area contributed by atoms with E-state index >= 15 is 0 Å². The van der Waals surface area contributed by atoms with Crippen LogP contribution in [0.15, 0.2) is 18.2 Å². The van der Waals surface area contributed by atoms with Crippen LogP contribution < -0.4 is 4.74 Å². The van der Waals surface area contributed by atoms with Crippen LogP contribution in [0.25, 0.3) is 0 Å².